The van der Waals surface area contributed by atoms with Crippen molar-refractivity contribution in [3.05, 3.63) is 60.7 Å². The van der Waals surface area contributed by atoms with Gasteiger partial charge in [-0.3, -0.25) is 4.79 Å². The van der Waals surface area contributed by atoms with E-state index in [0.29, 0.717) is 13.0 Å². The zero-order valence-electron chi connectivity index (χ0n) is 13.3. The number of fused-ring (bicyclic) bond motifs is 1. The van der Waals surface area contributed by atoms with Gasteiger partial charge in [-0.15, -0.1) is 6.58 Å². The van der Waals surface area contributed by atoms with Crippen LogP contribution in [0.5, 0.6) is 0 Å². The van der Waals surface area contributed by atoms with Crippen molar-refractivity contribution in [3.8, 4) is 0 Å². The highest BCUT2D eigenvalue weighted by Crippen LogP contribution is 2.28. The number of hydrogen-bond acceptors (Lipinski definition) is 2. The number of aliphatic hydroxyl groups is 1. The summed E-state index contributed by atoms with van der Waals surface area (Å²) in [6.07, 6.45) is 4.03. The fraction of sp³-hybridized carbons (Fsp3) is 0.350. The Bertz CT molecular complexity index is 704. The lowest BCUT2D eigenvalue weighted by Crippen LogP contribution is -2.37. The number of likely N-dealkylation sites (tertiary alicyclic amines) is 1. The highest BCUT2D eigenvalue weighted by Gasteiger charge is 2.37. The molecule has 0 unspecified atom stereocenters. The Labute approximate surface area is 137 Å². The largest absolute Gasteiger partial charge is 0.394 e. The minimum absolute atomic E-state index is 0.0165. The first kappa shape index (κ1) is 15.8. The standard InChI is InChI=1S/C20H23NO2/c1-2-6-17-13-18(14-22)21(20(17)23)12-11-16-9-5-8-15-7-3-4-10-19(15)16/h2-5,7-10,17-18,22H,1,6,11-14H2/t17-,18+/m1/s1. The third-order valence-electron chi connectivity index (χ3n) is 4.79. The smallest absolute Gasteiger partial charge is 0.226 e. The number of nitrogens with zero attached hydrogens (tertiary/aromatic N) is 1. The monoisotopic (exact) mass is 309 g/mol. The van der Waals surface area contributed by atoms with Gasteiger partial charge in [-0.1, -0.05) is 48.5 Å². The maximum Gasteiger partial charge on any atom is 0.226 e. The molecule has 0 bridgehead atoms. The Hall–Kier alpha value is -2.13. The Morgan fingerprint density at radius 2 is 2.00 bits per heavy atom. The molecule has 1 aliphatic rings. The zero-order valence-corrected chi connectivity index (χ0v) is 13.3. The van der Waals surface area contributed by atoms with Crippen molar-refractivity contribution >= 4 is 16.7 Å². The van der Waals surface area contributed by atoms with Gasteiger partial charge in [0.1, 0.15) is 0 Å². The second kappa shape index (κ2) is 6.97. The molecule has 3 nitrogen and oxygen atoms in total. The van der Waals surface area contributed by atoms with Gasteiger partial charge in [0.2, 0.25) is 5.91 Å². The summed E-state index contributed by atoms with van der Waals surface area (Å²) in [5.74, 6) is 0.140. The summed E-state index contributed by atoms with van der Waals surface area (Å²) < 4.78 is 0. The lowest BCUT2D eigenvalue weighted by Gasteiger charge is -2.23. The fourth-order valence-electron chi connectivity index (χ4n) is 3.59. The number of carbonyl (C=O) groups excluding carboxylic acids is 1. The number of allylic oxidation sites excluding steroid dienone is 1. The fourth-order valence-corrected chi connectivity index (χ4v) is 3.59. The van der Waals surface area contributed by atoms with Crippen molar-refractivity contribution in [2.24, 2.45) is 5.92 Å². The Morgan fingerprint density at radius 1 is 1.22 bits per heavy atom. The molecule has 1 fully saturated rings. The first-order valence-corrected chi connectivity index (χ1v) is 8.23. The summed E-state index contributed by atoms with van der Waals surface area (Å²) in [6.45, 7) is 4.42. The van der Waals surface area contributed by atoms with Gasteiger partial charge < -0.3 is 10.0 Å². The lowest BCUT2D eigenvalue weighted by molar-refractivity contribution is -0.132. The molecule has 1 aliphatic heterocycles. The first-order valence-electron chi connectivity index (χ1n) is 8.23. The quantitative estimate of drug-likeness (QED) is 0.833. The molecular weight excluding hydrogens is 286 g/mol. The van der Waals surface area contributed by atoms with Crippen molar-refractivity contribution in [3.63, 3.8) is 0 Å². The van der Waals surface area contributed by atoms with Gasteiger partial charge in [-0.05, 0) is 35.6 Å². The van der Waals surface area contributed by atoms with Crippen LogP contribution in [0.1, 0.15) is 18.4 Å². The van der Waals surface area contributed by atoms with Crippen LogP contribution in [0, 0.1) is 5.92 Å². The summed E-state index contributed by atoms with van der Waals surface area (Å²) in [5.41, 5.74) is 1.25. The van der Waals surface area contributed by atoms with Gasteiger partial charge in [0, 0.05) is 12.5 Å². The van der Waals surface area contributed by atoms with Crippen LogP contribution >= 0.6 is 0 Å². The minimum atomic E-state index is -0.0533. The summed E-state index contributed by atoms with van der Waals surface area (Å²) in [4.78, 5) is 14.4. The molecular formula is C20H23NO2. The number of rotatable bonds is 6. The molecule has 120 valence electrons. The molecule has 0 aliphatic carbocycles. The van der Waals surface area contributed by atoms with Crippen LogP contribution in [0.2, 0.25) is 0 Å². The number of aliphatic hydroxyl groups excluding tert-OH is 1. The molecule has 1 saturated heterocycles. The van der Waals surface area contributed by atoms with Gasteiger partial charge in [0.15, 0.2) is 0 Å². The van der Waals surface area contributed by atoms with Crippen LogP contribution in [0.3, 0.4) is 0 Å². The van der Waals surface area contributed by atoms with E-state index in [0.717, 1.165) is 12.8 Å². The van der Waals surface area contributed by atoms with E-state index < -0.39 is 0 Å². The lowest BCUT2D eigenvalue weighted by atomic mass is 10.0. The van der Waals surface area contributed by atoms with Crippen LogP contribution in [-0.4, -0.2) is 35.1 Å². The molecule has 2 atom stereocenters. The number of benzene rings is 2. The van der Waals surface area contributed by atoms with E-state index in [9.17, 15) is 9.90 Å². The van der Waals surface area contributed by atoms with Crippen molar-refractivity contribution in [2.45, 2.75) is 25.3 Å². The second-order valence-corrected chi connectivity index (χ2v) is 6.21. The van der Waals surface area contributed by atoms with E-state index in [4.69, 9.17) is 0 Å². The van der Waals surface area contributed by atoms with Gasteiger partial charge in [0.25, 0.3) is 0 Å². The topological polar surface area (TPSA) is 40.5 Å². The van der Waals surface area contributed by atoms with Crippen LogP contribution in [0.15, 0.2) is 55.1 Å². The van der Waals surface area contributed by atoms with Gasteiger partial charge in [-0.2, -0.15) is 0 Å². The summed E-state index contributed by atoms with van der Waals surface area (Å²) in [6, 6.07) is 14.6. The average molecular weight is 309 g/mol. The molecule has 1 amide bonds. The van der Waals surface area contributed by atoms with E-state index in [2.05, 4.69) is 36.9 Å². The third-order valence-corrected chi connectivity index (χ3v) is 4.79. The molecule has 1 heterocycles. The maximum absolute atomic E-state index is 12.5. The van der Waals surface area contributed by atoms with Crippen molar-refractivity contribution in [1.29, 1.82) is 0 Å². The molecule has 0 aromatic heterocycles. The molecule has 2 aromatic rings. The van der Waals surface area contributed by atoms with Gasteiger partial charge in [-0.25, -0.2) is 0 Å². The van der Waals surface area contributed by atoms with E-state index in [-0.39, 0.29) is 24.5 Å². The van der Waals surface area contributed by atoms with Gasteiger partial charge in [0.05, 0.1) is 12.6 Å². The third kappa shape index (κ3) is 3.15. The summed E-state index contributed by atoms with van der Waals surface area (Å²) in [7, 11) is 0. The second-order valence-electron chi connectivity index (χ2n) is 6.21. The highest BCUT2D eigenvalue weighted by molar-refractivity contribution is 5.86. The van der Waals surface area contributed by atoms with Crippen molar-refractivity contribution < 1.29 is 9.90 Å². The Kier molecular flexibility index (Phi) is 4.77. The molecule has 0 radical (unpaired) electrons. The minimum Gasteiger partial charge on any atom is -0.394 e. The number of carbonyl (C=O) groups is 1. The van der Waals surface area contributed by atoms with Gasteiger partial charge >= 0.3 is 0 Å². The average Bonchev–Trinajstić information content (AvgIpc) is 2.89. The first-order chi connectivity index (χ1) is 11.2. The summed E-state index contributed by atoms with van der Waals surface area (Å²) >= 11 is 0. The number of amides is 1. The SMILES string of the molecule is C=CC[C@@H]1C[C@@H](CO)N(CCc2cccc3ccccc23)C1=O. The predicted molar refractivity (Wildman–Crippen MR) is 93.2 cm³/mol. The Balaban J connectivity index is 1.76. The normalized spacial score (nSPS) is 21.1. The molecule has 3 heteroatoms. The van der Waals surface area contributed by atoms with Crippen molar-refractivity contribution in [1.82, 2.24) is 4.90 Å². The molecule has 0 spiro atoms. The van der Waals surface area contributed by atoms with Crippen LogP contribution in [-0.2, 0) is 11.2 Å². The predicted octanol–water partition coefficient (Wildman–Crippen LogP) is 3.17. The molecule has 3 rings (SSSR count). The molecule has 1 N–H and O–H groups in total. The molecule has 23 heavy (non-hydrogen) atoms. The van der Waals surface area contributed by atoms with Crippen molar-refractivity contribution in [2.75, 3.05) is 13.2 Å². The van der Waals surface area contributed by atoms with E-state index in [1.807, 2.05) is 17.0 Å². The molecule has 0 saturated carbocycles. The zero-order chi connectivity index (χ0) is 16.2. The van der Waals surface area contributed by atoms with Crippen LogP contribution < -0.4 is 0 Å². The van der Waals surface area contributed by atoms with E-state index in [1.165, 1.54) is 16.3 Å². The summed E-state index contributed by atoms with van der Waals surface area (Å²) in [5, 5.41) is 12.1. The Morgan fingerprint density at radius 3 is 2.78 bits per heavy atom. The van der Waals surface area contributed by atoms with Crippen LogP contribution in [0.25, 0.3) is 10.8 Å². The molecule has 2 aromatic carbocycles. The van der Waals surface area contributed by atoms with Crippen LogP contribution in [0.4, 0.5) is 0 Å². The highest BCUT2D eigenvalue weighted by atomic mass is 16.3. The number of hydrogen-bond donors (Lipinski definition) is 1. The van der Waals surface area contributed by atoms with E-state index >= 15 is 0 Å². The maximum atomic E-state index is 12.5. The van der Waals surface area contributed by atoms with E-state index in [1.54, 1.807) is 6.08 Å².